The Kier molecular flexibility index (Phi) is 6.35. The van der Waals surface area contributed by atoms with Gasteiger partial charge >= 0.3 is 0 Å². The van der Waals surface area contributed by atoms with Crippen LogP contribution in [0.4, 0.5) is 17.3 Å². The first-order valence-corrected chi connectivity index (χ1v) is 12.5. The Balaban J connectivity index is 1.24. The number of amides is 1. The summed E-state index contributed by atoms with van der Waals surface area (Å²) in [6, 6.07) is 21.4. The van der Waals surface area contributed by atoms with Crippen LogP contribution in [-0.4, -0.2) is 40.6 Å². The number of aromatic amines is 1. The van der Waals surface area contributed by atoms with Crippen LogP contribution in [0.25, 0.3) is 10.9 Å². The second kappa shape index (κ2) is 9.91. The number of aromatic hydroxyl groups is 1. The predicted molar refractivity (Wildman–Crippen MR) is 141 cm³/mol. The molecule has 3 aromatic carbocycles. The van der Waals surface area contributed by atoms with Crippen molar-refractivity contribution in [1.29, 1.82) is 0 Å². The van der Waals surface area contributed by atoms with Crippen LogP contribution < -0.4 is 10.0 Å². The molecule has 0 radical (unpaired) electrons. The maximum Gasteiger partial charge on any atom is 0.264 e. The summed E-state index contributed by atoms with van der Waals surface area (Å²) in [5.74, 6) is -0.369. The molecule has 4 N–H and O–H groups in total. The van der Waals surface area contributed by atoms with Gasteiger partial charge in [0, 0.05) is 40.8 Å². The third-order valence-electron chi connectivity index (χ3n) is 5.41. The molecule has 0 aliphatic heterocycles. The summed E-state index contributed by atoms with van der Waals surface area (Å²) < 4.78 is 27.3. The van der Waals surface area contributed by atoms with Crippen molar-refractivity contribution in [2.75, 3.05) is 10.0 Å². The number of rotatable bonds is 7. The van der Waals surface area contributed by atoms with Gasteiger partial charge in [-0.25, -0.2) is 23.1 Å². The lowest BCUT2D eigenvalue weighted by Crippen LogP contribution is -2.15. The molecule has 10 nitrogen and oxygen atoms in total. The fraction of sp³-hybridized carbons (Fsp3) is 0. The van der Waals surface area contributed by atoms with E-state index in [1.54, 1.807) is 36.5 Å². The maximum atomic E-state index is 12.7. The highest BCUT2D eigenvalue weighted by Gasteiger charge is 2.16. The molecular weight excluding hydrogens is 492 g/mol. The number of sulfonamides is 1. The SMILES string of the molecule is O=C(Nc1ccc(S(=O)(=O)Nc2ncccn2)cc1)c1ccc(N=Cc2c(O)[nH]c3ccccc23)cc1. The number of nitrogens with zero attached hydrogens (tertiary/aromatic N) is 3. The summed E-state index contributed by atoms with van der Waals surface area (Å²) in [6.07, 6.45) is 4.42. The van der Waals surface area contributed by atoms with E-state index in [0.717, 1.165) is 10.9 Å². The summed E-state index contributed by atoms with van der Waals surface area (Å²) in [4.78, 5) is 27.6. The molecular formula is C26H20N6O4S. The zero-order valence-electron chi connectivity index (χ0n) is 19.2. The second-order valence-corrected chi connectivity index (χ2v) is 9.58. The van der Waals surface area contributed by atoms with Crippen molar-refractivity contribution < 1.29 is 18.3 Å². The Hall–Kier alpha value is -5.03. The van der Waals surface area contributed by atoms with Gasteiger partial charge in [-0.15, -0.1) is 0 Å². The van der Waals surface area contributed by atoms with Gasteiger partial charge in [-0.1, -0.05) is 18.2 Å². The minimum atomic E-state index is -3.87. The number of fused-ring (bicyclic) bond motifs is 1. The number of aromatic nitrogens is 3. The number of nitrogens with one attached hydrogen (secondary N) is 3. The van der Waals surface area contributed by atoms with Crippen LogP contribution in [0.5, 0.6) is 5.88 Å². The normalized spacial score (nSPS) is 11.6. The molecule has 0 fully saturated rings. The van der Waals surface area contributed by atoms with E-state index in [1.165, 1.54) is 36.7 Å². The molecule has 1 amide bonds. The Morgan fingerprint density at radius 2 is 1.62 bits per heavy atom. The first kappa shape index (κ1) is 23.7. The number of H-pyrrole nitrogens is 1. The molecule has 0 aliphatic carbocycles. The zero-order valence-corrected chi connectivity index (χ0v) is 20.0. The molecule has 0 atom stereocenters. The van der Waals surface area contributed by atoms with Crippen molar-refractivity contribution >= 4 is 50.4 Å². The summed E-state index contributed by atoms with van der Waals surface area (Å²) >= 11 is 0. The maximum absolute atomic E-state index is 12.7. The van der Waals surface area contributed by atoms with Crippen LogP contribution in [0.3, 0.4) is 0 Å². The highest BCUT2D eigenvalue weighted by atomic mass is 32.2. The average Bonchev–Trinajstić information content (AvgIpc) is 3.23. The van der Waals surface area contributed by atoms with Crippen molar-refractivity contribution in [3.05, 3.63) is 102 Å². The second-order valence-electron chi connectivity index (χ2n) is 7.89. The van der Waals surface area contributed by atoms with Gasteiger partial charge in [-0.05, 0) is 60.7 Å². The van der Waals surface area contributed by atoms with Gasteiger partial charge in [0.2, 0.25) is 5.95 Å². The number of para-hydroxylation sites is 1. The molecule has 0 spiro atoms. The van der Waals surface area contributed by atoms with Crippen LogP contribution in [0.2, 0.25) is 0 Å². The van der Waals surface area contributed by atoms with E-state index in [4.69, 9.17) is 0 Å². The van der Waals surface area contributed by atoms with E-state index < -0.39 is 10.0 Å². The summed E-state index contributed by atoms with van der Waals surface area (Å²) in [5.41, 5.74) is 2.81. The standard InChI is InChI=1S/C26H20N6O4S/c33-24(30-19-10-12-20(13-11-19)37(35,36)32-26-27-14-3-15-28-26)17-6-8-18(9-7-17)29-16-22-21-4-1-2-5-23(21)31-25(22)34/h1-16,31,34H,(H,30,33)(H,27,28,32). The van der Waals surface area contributed by atoms with Crippen molar-refractivity contribution in [3.63, 3.8) is 0 Å². The molecule has 184 valence electrons. The van der Waals surface area contributed by atoms with Crippen molar-refractivity contribution in [3.8, 4) is 5.88 Å². The van der Waals surface area contributed by atoms with Gasteiger partial charge in [0.15, 0.2) is 5.88 Å². The molecule has 5 aromatic rings. The number of carbonyl (C=O) groups is 1. The number of anilines is 2. The minimum absolute atomic E-state index is 0.00130. The molecule has 37 heavy (non-hydrogen) atoms. The van der Waals surface area contributed by atoms with Crippen LogP contribution in [-0.2, 0) is 10.0 Å². The third kappa shape index (κ3) is 5.31. The largest absolute Gasteiger partial charge is 0.494 e. The molecule has 0 bridgehead atoms. The van der Waals surface area contributed by atoms with Gasteiger partial charge in [0.05, 0.1) is 16.1 Å². The van der Waals surface area contributed by atoms with Gasteiger partial charge in [-0.3, -0.25) is 9.79 Å². The third-order valence-corrected chi connectivity index (χ3v) is 6.76. The first-order chi connectivity index (χ1) is 17.9. The number of aliphatic imine (C=N–C) groups is 1. The Bertz CT molecular complexity index is 1700. The van der Waals surface area contributed by atoms with E-state index in [1.807, 2.05) is 24.3 Å². The van der Waals surface area contributed by atoms with Crippen LogP contribution in [0.15, 0.2) is 101 Å². The average molecular weight is 513 g/mol. The van der Waals surface area contributed by atoms with Crippen LogP contribution in [0, 0.1) is 0 Å². The predicted octanol–water partition coefficient (Wildman–Crippen LogP) is 4.47. The van der Waals surface area contributed by atoms with Gasteiger partial charge in [0.25, 0.3) is 15.9 Å². The number of hydrogen-bond acceptors (Lipinski definition) is 7. The van der Waals surface area contributed by atoms with Gasteiger partial charge < -0.3 is 15.4 Å². The summed E-state index contributed by atoms with van der Waals surface area (Å²) in [5, 5.41) is 13.7. The van der Waals surface area contributed by atoms with E-state index in [0.29, 0.717) is 22.5 Å². The molecule has 0 unspecified atom stereocenters. The highest BCUT2D eigenvalue weighted by molar-refractivity contribution is 7.92. The molecule has 5 rings (SSSR count). The van der Waals surface area contributed by atoms with Crippen molar-refractivity contribution in [2.24, 2.45) is 4.99 Å². The van der Waals surface area contributed by atoms with E-state index in [2.05, 4.69) is 30.0 Å². The molecule has 2 heterocycles. The number of carbonyl (C=O) groups excluding carboxylic acids is 1. The van der Waals surface area contributed by atoms with Crippen LogP contribution in [0.1, 0.15) is 15.9 Å². The molecule has 0 saturated heterocycles. The quantitative estimate of drug-likeness (QED) is 0.236. The molecule has 0 aliphatic rings. The Morgan fingerprint density at radius 1 is 0.919 bits per heavy atom. The van der Waals surface area contributed by atoms with Gasteiger partial charge in [0.1, 0.15) is 0 Å². The topological polar surface area (TPSA) is 149 Å². The smallest absolute Gasteiger partial charge is 0.264 e. The van der Waals surface area contributed by atoms with Crippen molar-refractivity contribution in [2.45, 2.75) is 4.90 Å². The Morgan fingerprint density at radius 3 is 2.35 bits per heavy atom. The Labute approximate surface area is 211 Å². The van der Waals surface area contributed by atoms with E-state index >= 15 is 0 Å². The lowest BCUT2D eigenvalue weighted by Gasteiger charge is -2.08. The lowest BCUT2D eigenvalue weighted by atomic mass is 10.1. The van der Waals surface area contributed by atoms with E-state index in [9.17, 15) is 18.3 Å². The lowest BCUT2D eigenvalue weighted by molar-refractivity contribution is 0.102. The summed E-state index contributed by atoms with van der Waals surface area (Å²) in [6.45, 7) is 0. The van der Waals surface area contributed by atoms with Gasteiger partial charge in [-0.2, -0.15) is 0 Å². The zero-order chi connectivity index (χ0) is 25.8. The molecule has 0 saturated carbocycles. The van der Waals surface area contributed by atoms with Crippen LogP contribution >= 0.6 is 0 Å². The van der Waals surface area contributed by atoms with Crippen molar-refractivity contribution in [1.82, 2.24) is 15.0 Å². The molecule has 2 aromatic heterocycles. The monoisotopic (exact) mass is 512 g/mol. The first-order valence-electron chi connectivity index (χ1n) is 11.0. The summed E-state index contributed by atoms with van der Waals surface area (Å²) in [7, 11) is -3.87. The minimum Gasteiger partial charge on any atom is -0.494 e. The molecule has 11 heteroatoms. The fourth-order valence-corrected chi connectivity index (χ4v) is 4.53. The van der Waals surface area contributed by atoms with E-state index in [-0.39, 0.29) is 22.6 Å². The fourth-order valence-electron chi connectivity index (χ4n) is 3.57. The number of hydrogen-bond donors (Lipinski definition) is 4. The highest BCUT2D eigenvalue weighted by Crippen LogP contribution is 2.26. The number of benzene rings is 3.